The molecule has 3 rings (SSSR count). The van der Waals surface area contributed by atoms with Crippen LogP contribution in [0.5, 0.6) is 11.5 Å². The quantitative estimate of drug-likeness (QED) is 0.801. The maximum Gasteiger partial charge on any atom is 0.338 e. The molecule has 0 spiro atoms. The SMILES string of the molecule is CCOC(=O)c1ccc2c(c1)C(n1ccc(O)cc1=O)C(C)(O)C(C)(C)O2. The summed E-state index contributed by atoms with van der Waals surface area (Å²) < 4.78 is 12.4. The van der Waals surface area contributed by atoms with Crippen molar-refractivity contribution in [2.45, 2.75) is 44.9 Å². The monoisotopic (exact) mass is 373 g/mol. The molecule has 2 N–H and O–H groups in total. The summed E-state index contributed by atoms with van der Waals surface area (Å²) in [5.74, 6) is -0.200. The van der Waals surface area contributed by atoms with Crippen LogP contribution in [0.25, 0.3) is 0 Å². The van der Waals surface area contributed by atoms with Crippen LogP contribution in [0.1, 0.15) is 49.7 Å². The van der Waals surface area contributed by atoms with Crippen LogP contribution in [-0.2, 0) is 4.74 Å². The maximum absolute atomic E-state index is 12.5. The number of carbonyl (C=O) groups is 1. The zero-order chi connectivity index (χ0) is 20.0. The zero-order valence-corrected chi connectivity index (χ0v) is 15.7. The first-order chi connectivity index (χ1) is 12.6. The standard InChI is InChI=1S/C20H23NO6/c1-5-26-18(24)12-6-7-15-14(10-12)17(20(4,25)19(2,3)27-15)21-9-8-13(22)11-16(21)23/h6-11,17,22,25H,5H2,1-4H3. The number of carbonyl (C=O) groups excluding carboxylic acids is 1. The Labute approximate surface area is 156 Å². The number of pyridine rings is 1. The average molecular weight is 373 g/mol. The van der Waals surface area contributed by atoms with Crippen molar-refractivity contribution in [2.75, 3.05) is 6.61 Å². The number of esters is 1. The highest BCUT2D eigenvalue weighted by Crippen LogP contribution is 2.48. The maximum atomic E-state index is 12.5. The number of hydrogen-bond acceptors (Lipinski definition) is 6. The third-order valence-electron chi connectivity index (χ3n) is 5.14. The number of aliphatic hydroxyl groups is 1. The molecule has 1 aromatic heterocycles. The second kappa shape index (κ2) is 6.42. The van der Waals surface area contributed by atoms with Gasteiger partial charge >= 0.3 is 5.97 Å². The van der Waals surface area contributed by atoms with Gasteiger partial charge in [-0.05, 0) is 52.0 Å². The van der Waals surface area contributed by atoms with Crippen molar-refractivity contribution < 1.29 is 24.5 Å². The minimum atomic E-state index is -1.49. The van der Waals surface area contributed by atoms with Crippen LogP contribution in [0, 0.1) is 0 Å². The summed E-state index contributed by atoms with van der Waals surface area (Å²) in [5.41, 5.74) is -2.21. The lowest BCUT2D eigenvalue weighted by Gasteiger charge is -2.49. The fraction of sp³-hybridized carbons (Fsp3) is 0.400. The fourth-order valence-electron chi connectivity index (χ4n) is 3.32. The summed E-state index contributed by atoms with van der Waals surface area (Å²) in [4.78, 5) is 24.7. The van der Waals surface area contributed by atoms with Crippen LogP contribution >= 0.6 is 0 Å². The molecular weight excluding hydrogens is 350 g/mol. The minimum absolute atomic E-state index is 0.164. The van der Waals surface area contributed by atoms with Crippen molar-refractivity contribution >= 4 is 5.97 Å². The Bertz CT molecular complexity index is 944. The molecule has 0 radical (unpaired) electrons. The Morgan fingerprint density at radius 1 is 1.26 bits per heavy atom. The summed E-state index contributed by atoms with van der Waals surface area (Å²) in [5, 5.41) is 20.9. The van der Waals surface area contributed by atoms with Gasteiger partial charge in [0.25, 0.3) is 5.56 Å². The highest BCUT2D eigenvalue weighted by atomic mass is 16.5. The topological polar surface area (TPSA) is 98.0 Å². The number of benzene rings is 1. The van der Waals surface area contributed by atoms with Gasteiger partial charge in [0, 0.05) is 17.8 Å². The molecule has 7 heteroatoms. The van der Waals surface area contributed by atoms with E-state index in [0.717, 1.165) is 6.07 Å². The van der Waals surface area contributed by atoms with Crippen LogP contribution in [0.3, 0.4) is 0 Å². The van der Waals surface area contributed by atoms with E-state index in [9.17, 15) is 19.8 Å². The predicted molar refractivity (Wildman–Crippen MR) is 98.2 cm³/mol. The smallest absolute Gasteiger partial charge is 0.338 e. The van der Waals surface area contributed by atoms with E-state index < -0.39 is 28.8 Å². The van der Waals surface area contributed by atoms with Crippen LogP contribution in [0.15, 0.2) is 41.3 Å². The summed E-state index contributed by atoms with van der Waals surface area (Å²) >= 11 is 0. The number of ether oxygens (including phenoxy) is 2. The first-order valence-electron chi connectivity index (χ1n) is 8.72. The van der Waals surface area contributed by atoms with Gasteiger partial charge in [0.1, 0.15) is 22.7 Å². The lowest BCUT2D eigenvalue weighted by molar-refractivity contribution is -0.139. The van der Waals surface area contributed by atoms with Crippen LogP contribution < -0.4 is 10.3 Å². The van der Waals surface area contributed by atoms with E-state index in [1.54, 1.807) is 45.9 Å². The molecule has 0 amide bonds. The van der Waals surface area contributed by atoms with Gasteiger partial charge < -0.3 is 24.3 Å². The summed E-state index contributed by atoms with van der Waals surface area (Å²) in [6, 6.07) is 6.41. The molecular formula is C20H23NO6. The van der Waals surface area contributed by atoms with Crippen molar-refractivity contribution in [1.82, 2.24) is 4.57 Å². The molecule has 1 aliphatic rings. The van der Waals surface area contributed by atoms with Crippen molar-refractivity contribution in [3.05, 3.63) is 58.0 Å². The van der Waals surface area contributed by atoms with Crippen molar-refractivity contribution in [3.63, 3.8) is 0 Å². The van der Waals surface area contributed by atoms with E-state index in [0.29, 0.717) is 16.9 Å². The number of fused-ring (bicyclic) bond motifs is 1. The summed E-state index contributed by atoms with van der Waals surface area (Å²) in [6.45, 7) is 6.99. The second-order valence-electron chi connectivity index (χ2n) is 7.27. The first kappa shape index (κ1) is 19.0. The number of hydrogen-bond donors (Lipinski definition) is 2. The van der Waals surface area contributed by atoms with Crippen molar-refractivity contribution in [2.24, 2.45) is 0 Å². The first-order valence-corrected chi connectivity index (χ1v) is 8.72. The van der Waals surface area contributed by atoms with Gasteiger partial charge in [-0.3, -0.25) is 4.79 Å². The van der Waals surface area contributed by atoms with Gasteiger partial charge in [0.05, 0.1) is 18.2 Å². The predicted octanol–water partition coefficient (Wildman–Crippen LogP) is 2.24. The minimum Gasteiger partial charge on any atom is -0.508 e. The molecule has 2 aromatic rings. The Morgan fingerprint density at radius 2 is 1.96 bits per heavy atom. The Balaban J connectivity index is 2.25. The normalized spacial score (nSPS) is 23.2. The van der Waals surface area contributed by atoms with E-state index in [-0.39, 0.29) is 12.4 Å². The highest BCUT2D eigenvalue weighted by molar-refractivity contribution is 5.90. The molecule has 0 saturated heterocycles. The van der Waals surface area contributed by atoms with Crippen LogP contribution in [0.4, 0.5) is 0 Å². The van der Waals surface area contributed by atoms with Gasteiger partial charge in [0.15, 0.2) is 0 Å². The molecule has 0 bridgehead atoms. The number of rotatable bonds is 3. The van der Waals surface area contributed by atoms with Gasteiger partial charge in [-0.15, -0.1) is 0 Å². The largest absolute Gasteiger partial charge is 0.508 e. The van der Waals surface area contributed by atoms with E-state index >= 15 is 0 Å². The molecule has 2 heterocycles. The highest BCUT2D eigenvalue weighted by Gasteiger charge is 2.53. The van der Waals surface area contributed by atoms with Crippen LogP contribution in [-0.4, -0.2) is 38.6 Å². The Morgan fingerprint density at radius 3 is 2.59 bits per heavy atom. The van der Waals surface area contributed by atoms with Gasteiger partial charge in [-0.2, -0.15) is 0 Å². The van der Waals surface area contributed by atoms with E-state index in [1.807, 2.05) is 0 Å². The second-order valence-corrected chi connectivity index (χ2v) is 7.27. The number of aromatic hydroxyl groups is 1. The lowest BCUT2D eigenvalue weighted by Crippen LogP contribution is -2.60. The Kier molecular flexibility index (Phi) is 4.51. The molecule has 144 valence electrons. The van der Waals surface area contributed by atoms with Gasteiger partial charge in [0.2, 0.25) is 0 Å². The Hall–Kier alpha value is -2.80. The van der Waals surface area contributed by atoms with Gasteiger partial charge in [-0.25, -0.2) is 4.79 Å². The van der Waals surface area contributed by atoms with Crippen LogP contribution in [0.2, 0.25) is 0 Å². The molecule has 2 atom stereocenters. The summed E-state index contributed by atoms with van der Waals surface area (Å²) in [6.07, 6.45) is 1.42. The molecule has 1 aliphatic heterocycles. The average Bonchev–Trinajstić information content (AvgIpc) is 2.57. The molecule has 27 heavy (non-hydrogen) atoms. The third kappa shape index (κ3) is 3.08. The molecule has 1 aromatic carbocycles. The molecule has 0 fully saturated rings. The molecule has 0 saturated carbocycles. The molecule has 2 unspecified atom stereocenters. The fourth-order valence-corrected chi connectivity index (χ4v) is 3.32. The lowest BCUT2D eigenvalue weighted by atomic mass is 9.75. The zero-order valence-electron chi connectivity index (χ0n) is 15.7. The summed E-state index contributed by atoms with van der Waals surface area (Å²) in [7, 11) is 0. The number of aromatic nitrogens is 1. The van der Waals surface area contributed by atoms with E-state index in [2.05, 4.69) is 0 Å². The van der Waals surface area contributed by atoms with E-state index in [1.165, 1.54) is 16.8 Å². The molecule has 7 nitrogen and oxygen atoms in total. The van der Waals surface area contributed by atoms with Gasteiger partial charge in [-0.1, -0.05) is 0 Å². The number of nitrogens with zero attached hydrogens (tertiary/aromatic N) is 1. The van der Waals surface area contributed by atoms with E-state index in [4.69, 9.17) is 9.47 Å². The van der Waals surface area contributed by atoms with Crippen molar-refractivity contribution in [1.29, 1.82) is 0 Å². The third-order valence-corrected chi connectivity index (χ3v) is 5.14. The van der Waals surface area contributed by atoms with Crippen molar-refractivity contribution in [3.8, 4) is 11.5 Å². The molecule has 0 aliphatic carbocycles.